The lowest BCUT2D eigenvalue weighted by Crippen LogP contribution is -2.58. The van der Waals surface area contributed by atoms with Crippen molar-refractivity contribution in [2.45, 2.75) is 44.2 Å². The Morgan fingerprint density at radius 2 is 2.08 bits per heavy atom. The predicted octanol–water partition coefficient (Wildman–Crippen LogP) is 0.892. The number of benzene rings is 1. The molecule has 0 radical (unpaired) electrons. The number of esters is 1. The van der Waals surface area contributed by atoms with Crippen molar-refractivity contribution in [3.63, 3.8) is 0 Å². The van der Waals surface area contributed by atoms with Crippen LogP contribution in [-0.4, -0.2) is 53.4 Å². The van der Waals surface area contributed by atoms with Gasteiger partial charge >= 0.3 is 5.97 Å². The van der Waals surface area contributed by atoms with Crippen molar-refractivity contribution < 1.29 is 29.2 Å². The van der Waals surface area contributed by atoms with Crippen molar-refractivity contribution >= 4 is 5.97 Å². The van der Waals surface area contributed by atoms with Gasteiger partial charge < -0.3 is 24.4 Å². The number of aliphatic hydroxyl groups excluding tert-OH is 2. The minimum absolute atomic E-state index is 0.146. The van der Waals surface area contributed by atoms with Gasteiger partial charge in [-0.15, -0.1) is 0 Å². The largest absolute Gasteiger partial charge is 0.463 e. The average molecular weight is 337 g/mol. The highest BCUT2D eigenvalue weighted by Crippen LogP contribution is 2.26. The summed E-state index contributed by atoms with van der Waals surface area (Å²) in [6, 6.07) is 8.07. The SMILES string of the molecule is CC(=O)OC[C@H]1O[C@@H](O)[C@H](N=[N+]=[N-])[C@@H](OCc2ccccc2)[C@@H]1O. The second kappa shape index (κ2) is 8.62. The predicted molar refractivity (Wildman–Crippen MR) is 81.5 cm³/mol. The Bertz CT molecular complexity index is 592. The summed E-state index contributed by atoms with van der Waals surface area (Å²) in [4.78, 5) is 13.6. The van der Waals surface area contributed by atoms with Crippen LogP contribution in [0, 0.1) is 0 Å². The summed E-state index contributed by atoms with van der Waals surface area (Å²) < 4.78 is 15.7. The van der Waals surface area contributed by atoms with Gasteiger partial charge in [-0.2, -0.15) is 0 Å². The van der Waals surface area contributed by atoms with Crippen molar-refractivity contribution in [1.29, 1.82) is 0 Å². The first-order chi connectivity index (χ1) is 11.5. The smallest absolute Gasteiger partial charge is 0.302 e. The molecule has 1 aromatic carbocycles. The number of hydrogen-bond acceptors (Lipinski definition) is 7. The number of carbonyl (C=O) groups is 1. The van der Waals surface area contributed by atoms with Gasteiger partial charge in [0, 0.05) is 11.8 Å². The molecule has 0 bridgehead atoms. The third-order valence-electron chi connectivity index (χ3n) is 3.58. The zero-order valence-corrected chi connectivity index (χ0v) is 13.1. The van der Waals surface area contributed by atoms with Crippen LogP contribution in [0.3, 0.4) is 0 Å². The molecule has 9 nitrogen and oxygen atoms in total. The van der Waals surface area contributed by atoms with Crippen molar-refractivity contribution in [3.8, 4) is 0 Å². The maximum atomic E-state index is 10.9. The van der Waals surface area contributed by atoms with Crippen LogP contribution in [0.1, 0.15) is 12.5 Å². The van der Waals surface area contributed by atoms with E-state index in [1.807, 2.05) is 30.3 Å². The number of aliphatic hydroxyl groups is 2. The van der Waals surface area contributed by atoms with E-state index in [1.165, 1.54) is 6.92 Å². The van der Waals surface area contributed by atoms with E-state index in [1.54, 1.807) is 0 Å². The summed E-state index contributed by atoms with van der Waals surface area (Å²) in [6.07, 6.45) is -4.72. The topological polar surface area (TPSA) is 134 Å². The Morgan fingerprint density at radius 1 is 1.38 bits per heavy atom. The summed E-state index contributed by atoms with van der Waals surface area (Å²) in [6.45, 7) is 1.12. The first-order valence-electron chi connectivity index (χ1n) is 7.37. The van der Waals surface area contributed by atoms with Gasteiger partial charge in [0.05, 0.1) is 12.7 Å². The van der Waals surface area contributed by atoms with Crippen LogP contribution in [0.15, 0.2) is 35.4 Å². The van der Waals surface area contributed by atoms with E-state index >= 15 is 0 Å². The standard InChI is InChI=1S/C15H19N3O6/c1-9(19)22-8-11-13(20)14(12(17-18-16)15(21)24-11)23-7-10-5-3-2-4-6-10/h2-6,11-15,20-21H,7-8H2,1H3/t11-,12-,13-,14-,15-/m1/s1. The minimum Gasteiger partial charge on any atom is -0.463 e. The fraction of sp³-hybridized carbons (Fsp3) is 0.533. The molecule has 1 aliphatic rings. The molecule has 0 aromatic heterocycles. The van der Waals surface area contributed by atoms with Gasteiger partial charge in [0.1, 0.15) is 24.9 Å². The number of ether oxygens (including phenoxy) is 3. The molecule has 0 unspecified atom stereocenters. The summed E-state index contributed by atoms with van der Waals surface area (Å²) >= 11 is 0. The minimum atomic E-state index is -1.48. The van der Waals surface area contributed by atoms with Gasteiger partial charge in [-0.05, 0) is 11.1 Å². The maximum absolute atomic E-state index is 10.9. The molecule has 1 fully saturated rings. The van der Waals surface area contributed by atoms with Crippen LogP contribution in [0.25, 0.3) is 10.4 Å². The van der Waals surface area contributed by atoms with Crippen molar-refractivity contribution in [2.24, 2.45) is 5.11 Å². The summed E-state index contributed by atoms with van der Waals surface area (Å²) in [5.41, 5.74) is 9.50. The first kappa shape index (κ1) is 18.2. The van der Waals surface area contributed by atoms with Crippen LogP contribution in [0.5, 0.6) is 0 Å². The molecule has 0 amide bonds. The average Bonchev–Trinajstić information content (AvgIpc) is 2.57. The molecule has 0 saturated carbocycles. The molecule has 2 N–H and O–H groups in total. The molecule has 1 aromatic rings. The Hall–Kier alpha value is -2.16. The zero-order valence-electron chi connectivity index (χ0n) is 13.1. The number of azide groups is 1. The van der Waals surface area contributed by atoms with Crippen LogP contribution in [0.4, 0.5) is 0 Å². The quantitative estimate of drug-likeness (QED) is 0.343. The zero-order chi connectivity index (χ0) is 17.5. The second-order valence-corrected chi connectivity index (χ2v) is 5.31. The highest BCUT2D eigenvalue weighted by Gasteiger charge is 2.45. The molecule has 130 valence electrons. The lowest BCUT2D eigenvalue weighted by molar-refractivity contribution is -0.260. The van der Waals surface area contributed by atoms with E-state index in [0.717, 1.165) is 5.56 Å². The van der Waals surface area contributed by atoms with E-state index < -0.39 is 36.6 Å². The van der Waals surface area contributed by atoms with Crippen LogP contribution < -0.4 is 0 Å². The van der Waals surface area contributed by atoms with Crippen LogP contribution >= 0.6 is 0 Å². The molecule has 1 aliphatic heterocycles. The lowest BCUT2D eigenvalue weighted by atomic mass is 9.97. The Balaban J connectivity index is 2.10. The van der Waals surface area contributed by atoms with Crippen molar-refractivity contribution in [1.82, 2.24) is 0 Å². The third-order valence-corrected chi connectivity index (χ3v) is 3.58. The van der Waals surface area contributed by atoms with Gasteiger partial charge in [0.25, 0.3) is 0 Å². The molecule has 1 saturated heterocycles. The fourth-order valence-corrected chi connectivity index (χ4v) is 2.40. The maximum Gasteiger partial charge on any atom is 0.302 e. The molecular weight excluding hydrogens is 318 g/mol. The lowest BCUT2D eigenvalue weighted by Gasteiger charge is -2.40. The number of rotatable bonds is 6. The Labute approximate surface area is 138 Å². The highest BCUT2D eigenvalue weighted by molar-refractivity contribution is 5.65. The highest BCUT2D eigenvalue weighted by atomic mass is 16.6. The number of hydrogen-bond donors (Lipinski definition) is 2. The van der Waals surface area contributed by atoms with E-state index in [0.29, 0.717) is 0 Å². The van der Waals surface area contributed by atoms with Crippen molar-refractivity contribution in [3.05, 3.63) is 46.3 Å². The Morgan fingerprint density at radius 3 is 2.71 bits per heavy atom. The van der Waals surface area contributed by atoms with E-state index in [2.05, 4.69) is 10.0 Å². The van der Waals surface area contributed by atoms with Crippen LogP contribution in [-0.2, 0) is 25.6 Å². The number of nitrogens with zero attached hydrogens (tertiary/aromatic N) is 3. The second-order valence-electron chi connectivity index (χ2n) is 5.31. The summed E-state index contributed by atoms with van der Waals surface area (Å²) in [5.74, 6) is -0.542. The summed E-state index contributed by atoms with van der Waals surface area (Å²) in [5, 5.41) is 23.9. The number of carbonyl (C=O) groups excluding carboxylic acids is 1. The van der Waals surface area contributed by atoms with Gasteiger partial charge in [-0.1, -0.05) is 35.4 Å². The first-order valence-corrected chi connectivity index (χ1v) is 7.37. The molecule has 9 heteroatoms. The molecule has 0 spiro atoms. The van der Waals surface area contributed by atoms with Gasteiger partial charge in [0.15, 0.2) is 6.29 Å². The van der Waals surface area contributed by atoms with E-state index in [4.69, 9.17) is 19.7 Å². The Kier molecular flexibility index (Phi) is 6.53. The summed E-state index contributed by atoms with van der Waals surface area (Å²) in [7, 11) is 0. The van der Waals surface area contributed by atoms with Crippen molar-refractivity contribution in [2.75, 3.05) is 6.61 Å². The fourth-order valence-electron chi connectivity index (χ4n) is 2.40. The van der Waals surface area contributed by atoms with Gasteiger partial charge in [-0.3, -0.25) is 4.79 Å². The molecule has 1 heterocycles. The third kappa shape index (κ3) is 4.67. The molecule has 24 heavy (non-hydrogen) atoms. The molecular formula is C15H19N3O6. The normalized spacial score (nSPS) is 29.5. The van der Waals surface area contributed by atoms with E-state index in [9.17, 15) is 15.0 Å². The molecule has 0 aliphatic carbocycles. The molecule has 2 rings (SSSR count). The van der Waals surface area contributed by atoms with E-state index in [-0.39, 0.29) is 13.2 Å². The van der Waals surface area contributed by atoms with Gasteiger partial charge in [-0.25, -0.2) is 0 Å². The van der Waals surface area contributed by atoms with Crippen LogP contribution in [0.2, 0.25) is 0 Å². The molecule has 5 atom stereocenters. The monoisotopic (exact) mass is 337 g/mol. The van der Waals surface area contributed by atoms with Gasteiger partial charge in [0.2, 0.25) is 0 Å².